The molecule has 0 bridgehead atoms. The van der Waals surface area contributed by atoms with Gasteiger partial charge in [0, 0.05) is 13.1 Å². The van der Waals surface area contributed by atoms with E-state index in [1.54, 1.807) is 24.3 Å². The molecule has 1 aliphatic rings. The third kappa shape index (κ3) is 7.04. The lowest BCUT2D eigenvalue weighted by Gasteiger charge is -2.29. The van der Waals surface area contributed by atoms with Crippen LogP contribution in [0.25, 0.3) is 6.08 Å². The van der Waals surface area contributed by atoms with Crippen molar-refractivity contribution in [1.29, 1.82) is 5.26 Å². The number of piperidine rings is 1. The average molecular weight is 490 g/mol. The number of amides is 1. The molecule has 0 spiro atoms. The number of nitrogens with zero attached hydrogens (tertiary/aromatic N) is 4. The van der Waals surface area contributed by atoms with E-state index in [1.165, 1.54) is 17.4 Å². The van der Waals surface area contributed by atoms with Crippen LogP contribution in [0.2, 0.25) is 0 Å². The van der Waals surface area contributed by atoms with Gasteiger partial charge in [0.2, 0.25) is 10.3 Å². The van der Waals surface area contributed by atoms with Gasteiger partial charge in [-0.15, -0.1) is 10.2 Å². The Balaban J connectivity index is 1.28. The largest absolute Gasteiger partial charge is 0.490 e. The van der Waals surface area contributed by atoms with E-state index in [4.69, 9.17) is 9.47 Å². The fourth-order valence-corrected chi connectivity index (χ4v) is 4.36. The van der Waals surface area contributed by atoms with Gasteiger partial charge >= 0.3 is 0 Å². The summed E-state index contributed by atoms with van der Waals surface area (Å²) in [4.78, 5) is 14.8. The summed E-state index contributed by atoms with van der Waals surface area (Å²) in [6.45, 7) is 4.95. The van der Waals surface area contributed by atoms with Gasteiger partial charge in [-0.1, -0.05) is 48.6 Å². The molecule has 0 unspecified atom stereocenters. The SMILES string of the molecule is CC1CCN(c2nnc(NC(=O)/C(C#N)=C\c3ccc(OCCOc4ccccc4)cc3)s2)CC1. The first kappa shape index (κ1) is 24.2. The number of hydrogen-bond acceptors (Lipinski definition) is 8. The molecule has 1 amide bonds. The highest BCUT2D eigenvalue weighted by atomic mass is 32.1. The van der Waals surface area contributed by atoms with Gasteiger partial charge in [0.15, 0.2) is 0 Å². The first-order valence-electron chi connectivity index (χ1n) is 11.5. The summed E-state index contributed by atoms with van der Waals surface area (Å²) >= 11 is 1.32. The molecule has 0 aliphatic carbocycles. The van der Waals surface area contributed by atoms with Crippen LogP contribution < -0.4 is 19.7 Å². The van der Waals surface area contributed by atoms with Gasteiger partial charge in [-0.2, -0.15) is 5.26 Å². The highest BCUT2D eigenvalue weighted by Crippen LogP contribution is 2.28. The number of benzene rings is 2. The van der Waals surface area contributed by atoms with Crippen LogP contribution in [0.4, 0.5) is 10.3 Å². The van der Waals surface area contributed by atoms with Gasteiger partial charge in [0.05, 0.1) is 0 Å². The molecule has 180 valence electrons. The molecule has 0 radical (unpaired) electrons. The van der Waals surface area contributed by atoms with Crippen LogP contribution in [0.3, 0.4) is 0 Å². The molecule has 0 saturated carbocycles. The fraction of sp³-hybridized carbons (Fsp3) is 0.308. The Hall–Kier alpha value is -3.90. The molecular formula is C26H27N5O3S. The van der Waals surface area contributed by atoms with E-state index in [1.807, 2.05) is 36.4 Å². The van der Waals surface area contributed by atoms with Crippen LogP contribution in [0, 0.1) is 17.2 Å². The molecule has 1 fully saturated rings. The van der Waals surface area contributed by atoms with Crippen LogP contribution in [0.5, 0.6) is 11.5 Å². The Morgan fingerprint density at radius 2 is 1.74 bits per heavy atom. The monoisotopic (exact) mass is 489 g/mol. The summed E-state index contributed by atoms with van der Waals surface area (Å²) in [7, 11) is 0. The summed E-state index contributed by atoms with van der Waals surface area (Å²) in [6, 6.07) is 18.7. The maximum atomic E-state index is 12.6. The Bertz CT molecular complexity index is 1180. The second kappa shape index (κ2) is 12.0. The predicted molar refractivity (Wildman–Crippen MR) is 137 cm³/mol. The van der Waals surface area contributed by atoms with Gasteiger partial charge in [-0.05, 0) is 54.7 Å². The zero-order valence-electron chi connectivity index (χ0n) is 19.5. The normalized spacial score (nSPS) is 14.3. The highest BCUT2D eigenvalue weighted by Gasteiger charge is 2.20. The van der Waals surface area contributed by atoms with Crippen molar-refractivity contribution in [3.63, 3.8) is 0 Å². The van der Waals surface area contributed by atoms with E-state index in [0.717, 1.165) is 42.7 Å². The summed E-state index contributed by atoms with van der Waals surface area (Å²) in [5.41, 5.74) is 0.698. The van der Waals surface area contributed by atoms with Gasteiger partial charge < -0.3 is 14.4 Å². The van der Waals surface area contributed by atoms with Crippen LogP contribution in [-0.2, 0) is 4.79 Å². The number of para-hydroxylation sites is 1. The van der Waals surface area contributed by atoms with E-state index in [9.17, 15) is 10.1 Å². The van der Waals surface area contributed by atoms with Gasteiger partial charge in [-0.25, -0.2) is 0 Å². The molecule has 1 N–H and O–H groups in total. The van der Waals surface area contributed by atoms with Gasteiger partial charge in [0.25, 0.3) is 5.91 Å². The number of aromatic nitrogens is 2. The molecule has 1 saturated heterocycles. The third-order valence-corrected chi connectivity index (χ3v) is 6.51. The molecule has 0 atom stereocenters. The lowest BCUT2D eigenvalue weighted by molar-refractivity contribution is -0.112. The zero-order chi connectivity index (χ0) is 24.5. The average Bonchev–Trinajstić information content (AvgIpc) is 3.35. The lowest BCUT2D eigenvalue weighted by atomic mass is 10.00. The van der Waals surface area contributed by atoms with Crippen LogP contribution in [-0.4, -0.2) is 42.4 Å². The van der Waals surface area contributed by atoms with Crippen molar-refractivity contribution in [1.82, 2.24) is 10.2 Å². The second-order valence-electron chi connectivity index (χ2n) is 8.26. The van der Waals surface area contributed by atoms with Crippen molar-refractivity contribution in [2.24, 2.45) is 5.92 Å². The van der Waals surface area contributed by atoms with Crippen molar-refractivity contribution in [3.05, 3.63) is 65.7 Å². The number of hydrogen-bond donors (Lipinski definition) is 1. The number of anilines is 2. The first-order valence-corrected chi connectivity index (χ1v) is 12.3. The first-order chi connectivity index (χ1) is 17.1. The van der Waals surface area contributed by atoms with E-state index >= 15 is 0 Å². The van der Waals surface area contributed by atoms with Gasteiger partial charge in [0.1, 0.15) is 36.4 Å². The second-order valence-corrected chi connectivity index (χ2v) is 9.22. The minimum Gasteiger partial charge on any atom is -0.490 e. The van der Waals surface area contributed by atoms with Crippen molar-refractivity contribution < 1.29 is 14.3 Å². The molecule has 2 aromatic carbocycles. The molecule has 3 aromatic rings. The molecule has 1 aliphatic heterocycles. The summed E-state index contributed by atoms with van der Waals surface area (Å²) < 4.78 is 11.3. The van der Waals surface area contributed by atoms with E-state index < -0.39 is 5.91 Å². The van der Waals surface area contributed by atoms with Crippen molar-refractivity contribution in [2.75, 3.05) is 36.5 Å². The van der Waals surface area contributed by atoms with E-state index in [0.29, 0.717) is 29.7 Å². The highest BCUT2D eigenvalue weighted by molar-refractivity contribution is 7.19. The third-order valence-electron chi connectivity index (χ3n) is 5.61. The quantitative estimate of drug-likeness (QED) is 0.262. The molecule has 4 rings (SSSR count). The molecule has 35 heavy (non-hydrogen) atoms. The Kier molecular flexibility index (Phi) is 8.30. The lowest BCUT2D eigenvalue weighted by Crippen LogP contribution is -2.32. The molecular weight excluding hydrogens is 462 g/mol. The number of nitrogens with one attached hydrogen (secondary N) is 1. The van der Waals surface area contributed by atoms with Crippen LogP contribution in [0.1, 0.15) is 25.3 Å². The summed E-state index contributed by atoms with van der Waals surface area (Å²) in [5, 5.41) is 21.6. The predicted octanol–water partition coefficient (Wildman–Crippen LogP) is 4.78. The van der Waals surface area contributed by atoms with Crippen molar-refractivity contribution >= 4 is 33.6 Å². The number of ether oxygens (including phenoxy) is 2. The van der Waals surface area contributed by atoms with E-state index in [-0.39, 0.29) is 5.57 Å². The van der Waals surface area contributed by atoms with Crippen molar-refractivity contribution in [2.45, 2.75) is 19.8 Å². The standard InChI is InChI=1S/C26H27N5O3S/c1-19-11-13-31(14-12-19)26-30-29-25(35-26)28-24(32)21(18-27)17-20-7-9-23(10-8-20)34-16-15-33-22-5-3-2-4-6-22/h2-10,17,19H,11-16H2,1H3,(H,28,29,32)/b21-17-. The Morgan fingerprint density at radius 1 is 1.09 bits per heavy atom. The smallest absolute Gasteiger partial charge is 0.268 e. The minimum atomic E-state index is -0.513. The van der Waals surface area contributed by atoms with Crippen LogP contribution in [0.15, 0.2) is 60.2 Å². The topological polar surface area (TPSA) is 100 Å². The Morgan fingerprint density at radius 3 is 2.40 bits per heavy atom. The van der Waals surface area contributed by atoms with E-state index in [2.05, 4.69) is 27.3 Å². The fourth-order valence-electron chi connectivity index (χ4n) is 3.57. The van der Waals surface area contributed by atoms with Crippen molar-refractivity contribution in [3.8, 4) is 17.6 Å². The molecule has 9 heteroatoms. The zero-order valence-corrected chi connectivity index (χ0v) is 20.3. The maximum absolute atomic E-state index is 12.6. The number of nitriles is 1. The molecule has 8 nitrogen and oxygen atoms in total. The molecule has 2 heterocycles. The number of rotatable bonds is 9. The molecule has 1 aromatic heterocycles. The summed E-state index contributed by atoms with van der Waals surface area (Å²) in [5.74, 6) is 1.68. The minimum absolute atomic E-state index is 0.0153. The maximum Gasteiger partial charge on any atom is 0.268 e. The number of carbonyl (C=O) groups excluding carboxylic acids is 1. The Labute approximate surface area is 208 Å². The van der Waals surface area contributed by atoms with Gasteiger partial charge in [-0.3, -0.25) is 10.1 Å². The summed E-state index contributed by atoms with van der Waals surface area (Å²) in [6.07, 6.45) is 3.77. The van der Waals surface area contributed by atoms with Crippen LogP contribution >= 0.6 is 11.3 Å². The number of carbonyl (C=O) groups is 1.